The molecule has 2 saturated carbocycles. The number of amides is 1. The summed E-state index contributed by atoms with van der Waals surface area (Å²) in [6.07, 6.45) is 3.21. The summed E-state index contributed by atoms with van der Waals surface area (Å²) in [4.78, 5) is 12.4. The maximum Gasteiger partial charge on any atom is 0.225 e. The van der Waals surface area contributed by atoms with Crippen LogP contribution in [-0.2, 0) is 4.79 Å². The van der Waals surface area contributed by atoms with E-state index in [2.05, 4.69) is 5.32 Å². The summed E-state index contributed by atoms with van der Waals surface area (Å²) in [6.45, 7) is 2.31. The molecule has 5 unspecified atom stereocenters. The number of carbonyl (C=O) groups is 1. The number of hydrogen-bond donors (Lipinski definition) is 2. The minimum absolute atomic E-state index is 0. The Morgan fingerprint density at radius 1 is 1.35 bits per heavy atom. The second-order valence-electron chi connectivity index (χ2n) is 6.56. The zero-order valence-electron chi connectivity index (χ0n) is 13.2. The monoisotopic (exact) mass is 342 g/mol. The molecule has 0 spiro atoms. The summed E-state index contributed by atoms with van der Waals surface area (Å²) < 4.78 is 18.5. The fraction of sp³-hybridized carbons (Fsp3) is 0.588. The summed E-state index contributed by atoms with van der Waals surface area (Å²) in [5, 5.41) is 2.95. The Bertz CT molecular complexity index is 538. The molecule has 6 heteroatoms. The van der Waals surface area contributed by atoms with Crippen LogP contribution < -0.4 is 15.8 Å². The van der Waals surface area contributed by atoms with Crippen molar-refractivity contribution in [3.63, 3.8) is 0 Å². The van der Waals surface area contributed by atoms with Gasteiger partial charge in [0.25, 0.3) is 0 Å². The van der Waals surface area contributed by atoms with Crippen molar-refractivity contribution < 1.29 is 13.9 Å². The highest BCUT2D eigenvalue weighted by Crippen LogP contribution is 2.47. The predicted molar refractivity (Wildman–Crippen MR) is 89.0 cm³/mol. The first-order valence-electron chi connectivity index (χ1n) is 8.00. The summed E-state index contributed by atoms with van der Waals surface area (Å²) in [5.41, 5.74) is 6.18. The molecule has 0 radical (unpaired) electrons. The van der Waals surface area contributed by atoms with E-state index in [-0.39, 0.29) is 42.2 Å². The average molecular weight is 343 g/mol. The third-order valence-electron chi connectivity index (χ3n) is 5.00. The lowest BCUT2D eigenvalue weighted by molar-refractivity contribution is -0.127. The average Bonchev–Trinajstić information content (AvgIpc) is 3.08. The van der Waals surface area contributed by atoms with Gasteiger partial charge in [-0.25, -0.2) is 4.39 Å². The van der Waals surface area contributed by atoms with Crippen LogP contribution in [0.4, 0.5) is 4.39 Å². The van der Waals surface area contributed by atoms with Crippen LogP contribution in [0.3, 0.4) is 0 Å². The van der Waals surface area contributed by atoms with Gasteiger partial charge < -0.3 is 15.8 Å². The fourth-order valence-electron chi connectivity index (χ4n) is 3.87. The van der Waals surface area contributed by atoms with E-state index >= 15 is 0 Å². The van der Waals surface area contributed by atoms with E-state index in [0.717, 1.165) is 12.8 Å². The van der Waals surface area contributed by atoms with Gasteiger partial charge in [-0.1, -0.05) is 0 Å². The van der Waals surface area contributed by atoms with Crippen LogP contribution in [-0.4, -0.2) is 24.6 Å². The van der Waals surface area contributed by atoms with Gasteiger partial charge in [0, 0.05) is 6.04 Å². The Hall–Kier alpha value is -1.33. The number of nitrogens with two attached hydrogens (primary N) is 1. The van der Waals surface area contributed by atoms with E-state index in [4.69, 9.17) is 10.5 Å². The van der Waals surface area contributed by atoms with Crippen LogP contribution in [0, 0.1) is 23.6 Å². The number of hydrogen-bond acceptors (Lipinski definition) is 3. The molecule has 23 heavy (non-hydrogen) atoms. The summed E-state index contributed by atoms with van der Waals surface area (Å²) in [7, 11) is 0. The van der Waals surface area contributed by atoms with Gasteiger partial charge in [-0.15, -0.1) is 12.4 Å². The zero-order chi connectivity index (χ0) is 15.7. The molecule has 2 aliphatic carbocycles. The van der Waals surface area contributed by atoms with Gasteiger partial charge in [0.15, 0.2) is 0 Å². The normalized spacial score (nSPS) is 29.7. The van der Waals surface area contributed by atoms with Gasteiger partial charge >= 0.3 is 0 Å². The lowest BCUT2D eigenvalue weighted by atomic mass is 9.84. The van der Waals surface area contributed by atoms with Crippen LogP contribution in [0.25, 0.3) is 0 Å². The van der Waals surface area contributed by atoms with E-state index in [0.29, 0.717) is 24.1 Å². The zero-order valence-corrected chi connectivity index (χ0v) is 14.0. The van der Waals surface area contributed by atoms with Gasteiger partial charge in [-0.3, -0.25) is 4.79 Å². The summed E-state index contributed by atoms with van der Waals surface area (Å²) in [6, 6.07) is 5.88. The Kier molecular flexibility index (Phi) is 5.87. The maximum absolute atomic E-state index is 12.8. The lowest BCUT2D eigenvalue weighted by Crippen LogP contribution is -2.47. The second-order valence-corrected chi connectivity index (χ2v) is 6.56. The topological polar surface area (TPSA) is 64.4 Å². The van der Waals surface area contributed by atoms with Crippen LogP contribution >= 0.6 is 12.4 Å². The minimum Gasteiger partial charge on any atom is -0.489 e. The highest BCUT2D eigenvalue weighted by Gasteiger charge is 2.48. The molecule has 3 N–H and O–H groups in total. The molecule has 0 aromatic heterocycles. The van der Waals surface area contributed by atoms with Gasteiger partial charge in [0.05, 0.1) is 12.5 Å². The van der Waals surface area contributed by atoms with Crippen molar-refractivity contribution in [2.24, 2.45) is 23.5 Å². The molecule has 4 nitrogen and oxygen atoms in total. The fourth-order valence-corrected chi connectivity index (χ4v) is 3.87. The minimum atomic E-state index is -0.293. The number of fused-ring (bicyclic) bond motifs is 2. The number of ether oxygens (including phenoxy) is 1. The molecule has 1 aromatic carbocycles. The first kappa shape index (κ1) is 18.0. The third kappa shape index (κ3) is 3.96. The standard InChI is InChI=1S/C17H23FN2O2.ClH/c1-10(22-14-6-4-13(18)5-7-14)9-20-17(21)15-11-2-3-12(8-11)16(15)19;/h4-7,10-12,15-16H,2-3,8-9,19H2,1H3,(H,20,21);1H. The molecule has 0 heterocycles. The SMILES string of the molecule is CC(CNC(=O)C1C2CCC(C2)C1N)Oc1ccc(F)cc1.Cl. The van der Waals surface area contributed by atoms with Crippen molar-refractivity contribution in [3.05, 3.63) is 30.1 Å². The molecule has 2 fully saturated rings. The summed E-state index contributed by atoms with van der Waals surface area (Å²) >= 11 is 0. The molecule has 1 aromatic rings. The van der Waals surface area contributed by atoms with Crippen molar-refractivity contribution in [1.29, 1.82) is 0 Å². The molecule has 5 atom stereocenters. The van der Waals surface area contributed by atoms with E-state index in [1.54, 1.807) is 12.1 Å². The van der Waals surface area contributed by atoms with E-state index in [9.17, 15) is 9.18 Å². The molecular weight excluding hydrogens is 319 g/mol. The van der Waals surface area contributed by atoms with Crippen molar-refractivity contribution in [1.82, 2.24) is 5.32 Å². The van der Waals surface area contributed by atoms with Crippen LogP contribution in [0.1, 0.15) is 26.2 Å². The van der Waals surface area contributed by atoms with Crippen molar-refractivity contribution in [2.45, 2.75) is 38.3 Å². The number of nitrogens with one attached hydrogen (secondary N) is 1. The number of benzene rings is 1. The van der Waals surface area contributed by atoms with Gasteiger partial charge in [-0.05, 0) is 62.3 Å². The first-order valence-corrected chi connectivity index (χ1v) is 8.00. The lowest BCUT2D eigenvalue weighted by Gasteiger charge is -2.27. The Labute approximate surface area is 142 Å². The van der Waals surface area contributed by atoms with Gasteiger partial charge in [-0.2, -0.15) is 0 Å². The van der Waals surface area contributed by atoms with E-state index < -0.39 is 0 Å². The van der Waals surface area contributed by atoms with Crippen LogP contribution in [0.5, 0.6) is 5.75 Å². The number of rotatable bonds is 5. The smallest absolute Gasteiger partial charge is 0.225 e. The third-order valence-corrected chi connectivity index (χ3v) is 5.00. The quantitative estimate of drug-likeness (QED) is 0.864. The van der Waals surface area contributed by atoms with Gasteiger partial charge in [0.2, 0.25) is 5.91 Å². The molecule has 0 saturated heterocycles. The molecule has 2 bridgehead atoms. The first-order chi connectivity index (χ1) is 10.5. The number of carbonyl (C=O) groups excluding carboxylic acids is 1. The largest absolute Gasteiger partial charge is 0.489 e. The molecule has 1 amide bonds. The molecule has 2 aliphatic rings. The Morgan fingerprint density at radius 2 is 2.00 bits per heavy atom. The van der Waals surface area contributed by atoms with Crippen LogP contribution in [0.15, 0.2) is 24.3 Å². The molecule has 3 rings (SSSR count). The van der Waals surface area contributed by atoms with Crippen molar-refractivity contribution in [2.75, 3.05) is 6.54 Å². The van der Waals surface area contributed by atoms with Crippen LogP contribution in [0.2, 0.25) is 0 Å². The predicted octanol–water partition coefficient (Wildman–Crippen LogP) is 2.50. The molecule has 128 valence electrons. The highest BCUT2D eigenvalue weighted by molar-refractivity contribution is 5.85. The Morgan fingerprint density at radius 3 is 2.61 bits per heavy atom. The van der Waals surface area contributed by atoms with E-state index in [1.807, 2.05) is 6.92 Å². The molecular formula is C17H24ClFN2O2. The van der Waals surface area contributed by atoms with Crippen molar-refractivity contribution in [3.8, 4) is 5.75 Å². The van der Waals surface area contributed by atoms with E-state index in [1.165, 1.54) is 18.6 Å². The Balaban J connectivity index is 0.00000192. The molecule has 0 aliphatic heterocycles. The van der Waals surface area contributed by atoms with Gasteiger partial charge in [0.1, 0.15) is 17.7 Å². The summed E-state index contributed by atoms with van der Waals surface area (Å²) in [5.74, 6) is 1.28. The van der Waals surface area contributed by atoms with Crippen molar-refractivity contribution >= 4 is 18.3 Å². The second kappa shape index (κ2) is 7.49. The number of halogens is 2. The highest BCUT2D eigenvalue weighted by atomic mass is 35.5. The maximum atomic E-state index is 12.8.